The Morgan fingerprint density at radius 1 is 1.61 bits per heavy atom. The number of nitrogens with zero attached hydrogens (tertiary/aromatic N) is 2. The van der Waals surface area contributed by atoms with Crippen LogP contribution in [0.25, 0.3) is 0 Å². The Kier molecular flexibility index (Phi) is 3.81. The van der Waals surface area contributed by atoms with Gasteiger partial charge in [0.25, 0.3) is 0 Å². The summed E-state index contributed by atoms with van der Waals surface area (Å²) in [6, 6.07) is -0.0708. The van der Waals surface area contributed by atoms with Crippen LogP contribution in [0.3, 0.4) is 0 Å². The number of nitrogens with one attached hydrogen (secondary N) is 1. The molecule has 1 heterocycles. The fourth-order valence-electron chi connectivity index (χ4n) is 1.63. The zero-order valence-electron chi connectivity index (χ0n) is 10.0. The van der Waals surface area contributed by atoms with E-state index in [1.165, 1.54) is 11.3 Å². The number of hydrogen-bond donors (Lipinski definition) is 2. The average molecular weight is 269 g/mol. The second-order valence-corrected chi connectivity index (χ2v) is 5.51. The van der Waals surface area contributed by atoms with Gasteiger partial charge in [0.1, 0.15) is 0 Å². The van der Waals surface area contributed by atoms with Crippen molar-refractivity contribution in [2.45, 2.75) is 32.2 Å². The van der Waals surface area contributed by atoms with E-state index in [-0.39, 0.29) is 25.0 Å². The molecule has 98 valence electrons. The molecule has 1 aromatic heterocycles. The van der Waals surface area contributed by atoms with Gasteiger partial charge in [-0.2, -0.15) is 0 Å². The van der Waals surface area contributed by atoms with Gasteiger partial charge < -0.3 is 10.0 Å². The Labute approximate surface area is 109 Å². The first-order valence-electron chi connectivity index (χ1n) is 5.78. The Morgan fingerprint density at radius 2 is 2.33 bits per heavy atom. The van der Waals surface area contributed by atoms with Crippen molar-refractivity contribution in [3.8, 4) is 0 Å². The van der Waals surface area contributed by atoms with E-state index < -0.39 is 5.97 Å². The first-order valence-corrected chi connectivity index (χ1v) is 6.60. The van der Waals surface area contributed by atoms with Gasteiger partial charge in [0.2, 0.25) is 0 Å². The Bertz CT molecular complexity index is 456. The lowest BCUT2D eigenvalue weighted by Crippen LogP contribution is -2.38. The standard InChI is InChI=1S/C11H15N3O3S/c1-7-6-12-10(18-7)13-11(17)14(8-2-3-8)5-4-9(15)16/h6,8H,2-5H2,1H3,(H,15,16)(H,12,13,17). The van der Waals surface area contributed by atoms with Gasteiger partial charge in [0.15, 0.2) is 5.13 Å². The third kappa shape index (κ3) is 3.43. The number of aliphatic carboxylic acids is 1. The summed E-state index contributed by atoms with van der Waals surface area (Å²) in [4.78, 5) is 29.2. The summed E-state index contributed by atoms with van der Waals surface area (Å²) >= 11 is 1.40. The fourth-order valence-corrected chi connectivity index (χ4v) is 2.28. The lowest BCUT2D eigenvalue weighted by molar-refractivity contribution is -0.137. The quantitative estimate of drug-likeness (QED) is 0.855. The van der Waals surface area contributed by atoms with Crippen LogP contribution in [0.5, 0.6) is 0 Å². The number of rotatable bonds is 5. The molecule has 0 unspecified atom stereocenters. The third-order valence-corrected chi connectivity index (χ3v) is 3.48. The summed E-state index contributed by atoms with van der Waals surface area (Å²) in [5.74, 6) is -0.890. The number of thiazole rings is 1. The number of aromatic nitrogens is 1. The van der Waals surface area contributed by atoms with Crippen molar-refractivity contribution in [3.63, 3.8) is 0 Å². The van der Waals surface area contributed by atoms with Gasteiger partial charge in [-0.1, -0.05) is 0 Å². The van der Waals surface area contributed by atoms with E-state index in [1.807, 2.05) is 6.92 Å². The van der Waals surface area contributed by atoms with Gasteiger partial charge in [-0.15, -0.1) is 11.3 Å². The highest BCUT2D eigenvalue weighted by atomic mass is 32.1. The number of carbonyl (C=O) groups is 2. The van der Waals surface area contributed by atoms with Crippen LogP contribution >= 0.6 is 11.3 Å². The molecule has 1 aliphatic carbocycles. The zero-order valence-corrected chi connectivity index (χ0v) is 10.9. The minimum atomic E-state index is -0.890. The molecule has 6 nitrogen and oxygen atoms in total. The molecule has 2 N–H and O–H groups in total. The Hall–Kier alpha value is -1.63. The van der Waals surface area contributed by atoms with Gasteiger partial charge in [-0.05, 0) is 19.8 Å². The summed E-state index contributed by atoms with van der Waals surface area (Å²) in [6.07, 6.45) is 3.56. The molecule has 1 saturated carbocycles. The van der Waals surface area contributed by atoms with Gasteiger partial charge in [-0.25, -0.2) is 9.78 Å². The molecule has 1 aliphatic rings. The number of urea groups is 1. The van der Waals surface area contributed by atoms with Crippen molar-refractivity contribution >= 4 is 28.5 Å². The van der Waals surface area contributed by atoms with Gasteiger partial charge in [0.05, 0.1) is 6.42 Å². The number of amides is 2. The summed E-state index contributed by atoms with van der Waals surface area (Å²) in [5.41, 5.74) is 0. The van der Waals surface area contributed by atoms with Crippen LogP contribution in [-0.4, -0.2) is 39.6 Å². The highest BCUT2D eigenvalue weighted by molar-refractivity contribution is 7.15. The van der Waals surface area contributed by atoms with Crippen LogP contribution in [0.15, 0.2) is 6.20 Å². The smallest absolute Gasteiger partial charge is 0.323 e. The number of carboxylic acid groups (broad SMARTS) is 1. The second-order valence-electron chi connectivity index (χ2n) is 4.27. The molecule has 0 radical (unpaired) electrons. The number of carboxylic acids is 1. The van der Waals surface area contributed by atoms with Crippen molar-refractivity contribution in [2.75, 3.05) is 11.9 Å². The molecule has 0 atom stereocenters. The van der Waals surface area contributed by atoms with Crippen LogP contribution in [0.1, 0.15) is 24.1 Å². The SMILES string of the molecule is Cc1cnc(NC(=O)N(CCC(=O)O)C2CC2)s1. The molecule has 18 heavy (non-hydrogen) atoms. The van der Waals surface area contributed by atoms with Crippen molar-refractivity contribution in [1.29, 1.82) is 0 Å². The zero-order chi connectivity index (χ0) is 13.1. The van der Waals surface area contributed by atoms with E-state index >= 15 is 0 Å². The maximum atomic E-state index is 12.0. The van der Waals surface area contributed by atoms with Crippen LogP contribution < -0.4 is 5.32 Å². The Balaban J connectivity index is 1.93. The predicted octanol–water partition coefficient (Wildman–Crippen LogP) is 1.92. The normalized spacial score (nSPS) is 14.3. The molecular formula is C11H15N3O3S. The largest absolute Gasteiger partial charge is 0.481 e. The van der Waals surface area contributed by atoms with Crippen molar-refractivity contribution in [3.05, 3.63) is 11.1 Å². The third-order valence-electron chi connectivity index (χ3n) is 2.65. The second kappa shape index (κ2) is 5.34. The summed E-state index contributed by atoms with van der Waals surface area (Å²) in [7, 11) is 0. The molecule has 1 aromatic rings. The van der Waals surface area contributed by atoms with E-state index in [4.69, 9.17) is 5.11 Å². The van der Waals surface area contributed by atoms with Crippen LogP contribution in [0.4, 0.5) is 9.93 Å². The maximum Gasteiger partial charge on any atom is 0.323 e. The summed E-state index contributed by atoms with van der Waals surface area (Å²) < 4.78 is 0. The molecule has 2 amide bonds. The topological polar surface area (TPSA) is 82.5 Å². The molecule has 0 saturated heterocycles. The lowest BCUT2D eigenvalue weighted by Gasteiger charge is -2.21. The number of anilines is 1. The van der Waals surface area contributed by atoms with E-state index in [9.17, 15) is 9.59 Å². The van der Waals surface area contributed by atoms with Crippen LogP contribution in [0, 0.1) is 6.92 Å². The molecule has 0 bridgehead atoms. The Morgan fingerprint density at radius 3 is 2.83 bits per heavy atom. The summed E-state index contributed by atoms with van der Waals surface area (Å²) in [6.45, 7) is 2.16. The van der Waals surface area contributed by atoms with Gasteiger partial charge in [-0.3, -0.25) is 10.1 Å². The van der Waals surface area contributed by atoms with E-state index in [0.717, 1.165) is 17.7 Å². The highest BCUT2D eigenvalue weighted by Crippen LogP contribution is 2.28. The minimum absolute atomic E-state index is 0.0270. The van der Waals surface area contributed by atoms with Crippen molar-refractivity contribution in [1.82, 2.24) is 9.88 Å². The van der Waals surface area contributed by atoms with Gasteiger partial charge >= 0.3 is 12.0 Å². The number of hydrogen-bond acceptors (Lipinski definition) is 4. The summed E-state index contributed by atoms with van der Waals surface area (Å²) in [5, 5.41) is 11.9. The molecule has 0 aliphatic heterocycles. The van der Waals surface area contributed by atoms with Crippen LogP contribution in [0.2, 0.25) is 0 Å². The fraction of sp³-hybridized carbons (Fsp3) is 0.545. The number of aryl methyl sites for hydroxylation is 1. The van der Waals surface area contributed by atoms with Crippen molar-refractivity contribution in [2.24, 2.45) is 0 Å². The first-order chi connectivity index (χ1) is 8.56. The molecule has 7 heteroatoms. The molecule has 0 spiro atoms. The minimum Gasteiger partial charge on any atom is -0.481 e. The predicted molar refractivity (Wildman–Crippen MR) is 67.9 cm³/mol. The monoisotopic (exact) mass is 269 g/mol. The van der Waals surface area contributed by atoms with Gasteiger partial charge in [0, 0.05) is 23.7 Å². The first kappa shape index (κ1) is 12.8. The molecule has 2 rings (SSSR count). The van der Waals surface area contributed by atoms with E-state index in [2.05, 4.69) is 10.3 Å². The lowest BCUT2D eigenvalue weighted by atomic mass is 10.4. The van der Waals surface area contributed by atoms with Crippen LogP contribution in [-0.2, 0) is 4.79 Å². The molecule has 0 aromatic carbocycles. The number of carbonyl (C=O) groups excluding carboxylic acids is 1. The molecule has 1 fully saturated rings. The molecular weight excluding hydrogens is 254 g/mol. The van der Waals surface area contributed by atoms with Crippen molar-refractivity contribution < 1.29 is 14.7 Å². The average Bonchev–Trinajstić information content (AvgIpc) is 3.03. The van der Waals surface area contributed by atoms with E-state index in [0.29, 0.717) is 5.13 Å². The highest BCUT2D eigenvalue weighted by Gasteiger charge is 2.32. The van der Waals surface area contributed by atoms with E-state index in [1.54, 1.807) is 11.1 Å². The maximum absolute atomic E-state index is 12.0.